The van der Waals surface area contributed by atoms with Crippen molar-refractivity contribution in [2.45, 2.75) is 40.2 Å². The van der Waals surface area contributed by atoms with Crippen molar-refractivity contribution in [2.75, 3.05) is 24.5 Å². The van der Waals surface area contributed by atoms with Gasteiger partial charge in [0.25, 0.3) is 0 Å². The summed E-state index contributed by atoms with van der Waals surface area (Å²) in [6, 6.07) is 6.75. The Labute approximate surface area is 125 Å². The fourth-order valence-electron chi connectivity index (χ4n) is 2.54. The molecule has 0 saturated carbocycles. The largest absolute Gasteiger partial charge is 0.371 e. The Balaban J connectivity index is 2.05. The molecule has 1 aromatic carbocycles. The average Bonchev–Trinajstić information content (AvgIpc) is 2.37. The Morgan fingerprint density at radius 2 is 1.95 bits per heavy atom. The number of rotatable bonds is 4. The summed E-state index contributed by atoms with van der Waals surface area (Å²) in [7, 11) is 0. The molecule has 1 aromatic rings. The first-order chi connectivity index (χ1) is 9.02. The maximum atomic E-state index is 3.73. The van der Waals surface area contributed by atoms with Gasteiger partial charge >= 0.3 is 0 Å². The van der Waals surface area contributed by atoms with E-state index >= 15 is 0 Å². The summed E-state index contributed by atoms with van der Waals surface area (Å²) >= 11 is 3.73. The topological polar surface area (TPSA) is 15.3 Å². The minimum Gasteiger partial charge on any atom is -0.371 e. The zero-order valence-corrected chi connectivity index (χ0v) is 13.9. The van der Waals surface area contributed by atoms with E-state index in [1.807, 2.05) is 0 Å². The van der Waals surface area contributed by atoms with Crippen molar-refractivity contribution in [3.8, 4) is 0 Å². The zero-order valence-electron chi connectivity index (χ0n) is 12.3. The van der Waals surface area contributed by atoms with Gasteiger partial charge in [-0.15, -0.1) is 0 Å². The SMILES string of the molecule is CCNCc1ccc(N2CCC(C)(C)CC2)c(Br)c1. The second-order valence-electron chi connectivity index (χ2n) is 6.22. The number of piperidine rings is 1. The lowest BCUT2D eigenvalue weighted by Crippen LogP contribution is -2.37. The van der Waals surface area contributed by atoms with Crippen molar-refractivity contribution in [3.05, 3.63) is 28.2 Å². The van der Waals surface area contributed by atoms with E-state index in [0.717, 1.165) is 26.2 Å². The smallest absolute Gasteiger partial charge is 0.0510 e. The highest BCUT2D eigenvalue weighted by atomic mass is 79.9. The van der Waals surface area contributed by atoms with Gasteiger partial charge in [0.1, 0.15) is 0 Å². The van der Waals surface area contributed by atoms with E-state index in [2.05, 4.69) is 65.1 Å². The van der Waals surface area contributed by atoms with Gasteiger partial charge in [0.15, 0.2) is 0 Å². The van der Waals surface area contributed by atoms with Crippen LogP contribution in [0.25, 0.3) is 0 Å². The van der Waals surface area contributed by atoms with Crippen molar-refractivity contribution in [1.82, 2.24) is 5.32 Å². The molecule has 1 aliphatic rings. The Kier molecular flexibility index (Phi) is 4.91. The predicted octanol–water partition coefficient (Wildman–Crippen LogP) is 4.19. The highest BCUT2D eigenvalue weighted by Crippen LogP contribution is 2.35. The summed E-state index contributed by atoms with van der Waals surface area (Å²) in [5, 5.41) is 3.37. The molecule has 0 radical (unpaired) electrons. The normalized spacial score (nSPS) is 18.6. The lowest BCUT2D eigenvalue weighted by molar-refractivity contribution is 0.279. The van der Waals surface area contributed by atoms with Gasteiger partial charge < -0.3 is 10.2 Å². The molecule has 2 rings (SSSR count). The van der Waals surface area contributed by atoms with Crippen LogP contribution in [0.4, 0.5) is 5.69 Å². The molecule has 19 heavy (non-hydrogen) atoms. The molecule has 2 nitrogen and oxygen atoms in total. The van der Waals surface area contributed by atoms with E-state index in [9.17, 15) is 0 Å². The van der Waals surface area contributed by atoms with Gasteiger partial charge in [-0.3, -0.25) is 0 Å². The summed E-state index contributed by atoms with van der Waals surface area (Å²) in [4.78, 5) is 2.51. The minimum absolute atomic E-state index is 0.508. The molecule has 0 atom stereocenters. The van der Waals surface area contributed by atoms with Gasteiger partial charge in [-0.2, -0.15) is 0 Å². The Hall–Kier alpha value is -0.540. The second kappa shape index (κ2) is 6.27. The van der Waals surface area contributed by atoms with Gasteiger partial charge in [0.2, 0.25) is 0 Å². The Morgan fingerprint density at radius 1 is 1.26 bits per heavy atom. The van der Waals surface area contributed by atoms with Crippen LogP contribution >= 0.6 is 15.9 Å². The van der Waals surface area contributed by atoms with E-state index in [-0.39, 0.29) is 0 Å². The summed E-state index contributed by atoms with van der Waals surface area (Å²) in [6.07, 6.45) is 2.55. The number of hydrogen-bond acceptors (Lipinski definition) is 2. The van der Waals surface area contributed by atoms with Crippen LogP contribution in [0, 0.1) is 5.41 Å². The zero-order chi connectivity index (χ0) is 13.9. The number of nitrogens with one attached hydrogen (secondary N) is 1. The van der Waals surface area contributed by atoms with E-state index in [1.54, 1.807) is 0 Å². The summed E-state index contributed by atoms with van der Waals surface area (Å²) in [5.41, 5.74) is 3.19. The van der Waals surface area contributed by atoms with E-state index in [0.29, 0.717) is 5.41 Å². The fraction of sp³-hybridized carbons (Fsp3) is 0.625. The van der Waals surface area contributed by atoms with Crippen molar-refractivity contribution < 1.29 is 0 Å². The highest BCUT2D eigenvalue weighted by Gasteiger charge is 2.26. The molecule has 0 unspecified atom stereocenters. The summed E-state index contributed by atoms with van der Waals surface area (Å²) < 4.78 is 1.22. The van der Waals surface area contributed by atoms with Crippen LogP contribution in [0.3, 0.4) is 0 Å². The van der Waals surface area contributed by atoms with E-state index in [1.165, 1.54) is 28.6 Å². The van der Waals surface area contributed by atoms with Crippen LogP contribution < -0.4 is 10.2 Å². The molecule has 0 aliphatic carbocycles. The van der Waals surface area contributed by atoms with Gasteiger partial charge in [0.05, 0.1) is 5.69 Å². The number of halogens is 1. The monoisotopic (exact) mass is 324 g/mol. The van der Waals surface area contributed by atoms with Crippen molar-refractivity contribution in [1.29, 1.82) is 0 Å². The maximum Gasteiger partial charge on any atom is 0.0510 e. The molecule has 1 aliphatic heterocycles. The quantitative estimate of drug-likeness (QED) is 0.893. The molecule has 1 N–H and O–H groups in total. The number of hydrogen-bond donors (Lipinski definition) is 1. The van der Waals surface area contributed by atoms with Crippen LogP contribution in [0.5, 0.6) is 0 Å². The van der Waals surface area contributed by atoms with Crippen LogP contribution in [-0.2, 0) is 6.54 Å². The van der Waals surface area contributed by atoms with Gasteiger partial charge in [-0.05, 0) is 58.4 Å². The molecule has 0 amide bonds. The number of benzene rings is 1. The van der Waals surface area contributed by atoms with Gasteiger partial charge in [0, 0.05) is 24.1 Å². The van der Waals surface area contributed by atoms with Gasteiger partial charge in [-0.1, -0.05) is 26.8 Å². The van der Waals surface area contributed by atoms with Crippen molar-refractivity contribution in [3.63, 3.8) is 0 Å². The molecule has 1 heterocycles. The highest BCUT2D eigenvalue weighted by molar-refractivity contribution is 9.10. The van der Waals surface area contributed by atoms with Crippen molar-refractivity contribution >= 4 is 21.6 Å². The van der Waals surface area contributed by atoms with Crippen LogP contribution in [0.1, 0.15) is 39.2 Å². The van der Waals surface area contributed by atoms with Crippen LogP contribution in [0.2, 0.25) is 0 Å². The van der Waals surface area contributed by atoms with Crippen molar-refractivity contribution in [2.24, 2.45) is 5.41 Å². The molecule has 3 heteroatoms. The summed E-state index contributed by atoms with van der Waals surface area (Å²) in [5.74, 6) is 0. The molecular formula is C16H25BrN2. The lowest BCUT2D eigenvalue weighted by Gasteiger charge is -2.38. The Morgan fingerprint density at radius 3 is 2.53 bits per heavy atom. The predicted molar refractivity (Wildman–Crippen MR) is 86.8 cm³/mol. The maximum absolute atomic E-state index is 3.73. The third-order valence-electron chi connectivity index (χ3n) is 4.05. The summed E-state index contributed by atoms with van der Waals surface area (Å²) in [6.45, 7) is 11.2. The first kappa shape index (κ1) is 14.9. The second-order valence-corrected chi connectivity index (χ2v) is 7.07. The van der Waals surface area contributed by atoms with E-state index < -0.39 is 0 Å². The standard InChI is InChI=1S/C16H25BrN2/c1-4-18-12-13-5-6-15(14(17)11-13)19-9-7-16(2,3)8-10-19/h5-6,11,18H,4,7-10,12H2,1-3H3. The Bertz CT molecular complexity index is 419. The third-order valence-corrected chi connectivity index (χ3v) is 4.68. The molecule has 0 bridgehead atoms. The molecule has 106 valence electrons. The van der Waals surface area contributed by atoms with Crippen LogP contribution in [0.15, 0.2) is 22.7 Å². The molecule has 1 fully saturated rings. The number of anilines is 1. The molecule has 0 aromatic heterocycles. The van der Waals surface area contributed by atoms with Gasteiger partial charge in [-0.25, -0.2) is 0 Å². The minimum atomic E-state index is 0.508. The molecular weight excluding hydrogens is 300 g/mol. The molecule has 0 spiro atoms. The number of nitrogens with zero attached hydrogens (tertiary/aromatic N) is 1. The van der Waals surface area contributed by atoms with Crippen LogP contribution in [-0.4, -0.2) is 19.6 Å². The first-order valence-electron chi connectivity index (χ1n) is 7.26. The first-order valence-corrected chi connectivity index (χ1v) is 8.05. The fourth-order valence-corrected chi connectivity index (χ4v) is 3.22. The van der Waals surface area contributed by atoms with E-state index in [4.69, 9.17) is 0 Å². The average molecular weight is 325 g/mol. The molecule has 1 saturated heterocycles. The lowest BCUT2D eigenvalue weighted by atomic mass is 9.82. The third kappa shape index (κ3) is 3.96.